The van der Waals surface area contributed by atoms with Crippen LogP contribution in [-0.4, -0.2) is 4.98 Å². The van der Waals surface area contributed by atoms with Crippen molar-refractivity contribution in [1.82, 2.24) is 4.98 Å². The van der Waals surface area contributed by atoms with Gasteiger partial charge in [-0.3, -0.25) is 4.98 Å². The van der Waals surface area contributed by atoms with Gasteiger partial charge in [0.1, 0.15) is 11.5 Å². The average molecular weight is 351 g/mol. The summed E-state index contributed by atoms with van der Waals surface area (Å²) in [5.74, 6) is 1.88. The van der Waals surface area contributed by atoms with Crippen LogP contribution in [0.4, 0.5) is 0 Å². The molecule has 3 aromatic carbocycles. The molecule has 1 aromatic heterocycles. The molecule has 0 atom stereocenters. The van der Waals surface area contributed by atoms with Crippen molar-refractivity contribution >= 4 is 10.8 Å². The molecule has 0 N–H and O–H groups in total. The summed E-state index contributed by atoms with van der Waals surface area (Å²) in [6.45, 7) is 6.64. The van der Waals surface area contributed by atoms with Gasteiger partial charge in [-0.1, -0.05) is 62.4 Å². The van der Waals surface area contributed by atoms with Gasteiger partial charge in [-0.15, -0.1) is 0 Å². The number of pyridine rings is 1. The highest BCUT2D eigenvalue weighted by atomic mass is 16.5. The van der Waals surface area contributed by atoms with Crippen LogP contribution in [-0.2, 0) is 5.41 Å². The third kappa shape index (κ3) is 2.37. The number of aromatic nitrogens is 1. The number of hydrogen-bond donors (Lipinski definition) is 0. The Kier molecular flexibility index (Phi) is 3.38. The lowest BCUT2D eigenvalue weighted by molar-refractivity contribution is 0.424. The van der Waals surface area contributed by atoms with Crippen LogP contribution in [0.1, 0.15) is 30.5 Å². The van der Waals surface area contributed by atoms with Gasteiger partial charge in [0.15, 0.2) is 0 Å². The third-order valence-corrected chi connectivity index (χ3v) is 5.64. The molecule has 2 heteroatoms. The Bertz CT molecular complexity index is 1190. The van der Waals surface area contributed by atoms with E-state index in [1.807, 2.05) is 12.3 Å². The molecule has 132 valence electrons. The molecular formula is C25H21NO. The molecule has 0 bridgehead atoms. The number of aryl methyl sites for hydroxylation is 1. The van der Waals surface area contributed by atoms with Gasteiger partial charge in [0.2, 0.25) is 0 Å². The summed E-state index contributed by atoms with van der Waals surface area (Å²) in [7, 11) is 0. The van der Waals surface area contributed by atoms with Crippen molar-refractivity contribution in [2.24, 2.45) is 0 Å². The van der Waals surface area contributed by atoms with E-state index >= 15 is 0 Å². The smallest absolute Gasteiger partial charge is 0.140 e. The van der Waals surface area contributed by atoms with E-state index < -0.39 is 0 Å². The zero-order chi connectivity index (χ0) is 18.6. The first-order valence-corrected chi connectivity index (χ1v) is 9.32. The lowest BCUT2D eigenvalue weighted by Gasteiger charge is -2.36. The molecule has 0 aliphatic carbocycles. The molecule has 4 aromatic rings. The lowest BCUT2D eigenvalue weighted by Crippen LogP contribution is -2.24. The zero-order valence-corrected chi connectivity index (χ0v) is 15.8. The van der Waals surface area contributed by atoms with Gasteiger partial charge in [0.25, 0.3) is 0 Å². The molecule has 1 aliphatic heterocycles. The Morgan fingerprint density at radius 2 is 1.63 bits per heavy atom. The van der Waals surface area contributed by atoms with Gasteiger partial charge < -0.3 is 4.74 Å². The second-order valence-electron chi connectivity index (χ2n) is 7.79. The number of fused-ring (bicyclic) bond motifs is 4. The lowest BCUT2D eigenvalue weighted by atomic mass is 9.74. The van der Waals surface area contributed by atoms with Crippen molar-refractivity contribution in [1.29, 1.82) is 0 Å². The number of para-hydroxylation sites is 1. The fourth-order valence-corrected chi connectivity index (χ4v) is 4.12. The standard InChI is InChI=1S/C25H21NO/c1-16-13-14-26-22(15-16)19-9-6-10-20-24(19)27-23-18-8-5-4-7-17(18)11-12-21(23)25(20,2)3/h4-15H,1-3H3. The minimum absolute atomic E-state index is 0.146. The maximum absolute atomic E-state index is 6.61. The Morgan fingerprint density at radius 1 is 0.815 bits per heavy atom. The molecule has 0 amide bonds. The van der Waals surface area contributed by atoms with Crippen LogP contribution < -0.4 is 4.74 Å². The van der Waals surface area contributed by atoms with Crippen molar-refractivity contribution in [2.75, 3.05) is 0 Å². The predicted octanol–water partition coefficient (Wildman–Crippen LogP) is 6.64. The number of rotatable bonds is 1. The minimum atomic E-state index is -0.146. The Labute approximate surface area is 159 Å². The van der Waals surface area contributed by atoms with E-state index in [1.165, 1.54) is 22.1 Å². The second kappa shape index (κ2) is 5.68. The number of nitrogens with zero attached hydrogens (tertiary/aromatic N) is 1. The van der Waals surface area contributed by atoms with Crippen LogP contribution in [0, 0.1) is 6.92 Å². The fourth-order valence-electron chi connectivity index (χ4n) is 4.12. The molecule has 1 aliphatic rings. The molecular weight excluding hydrogens is 330 g/mol. The molecule has 0 saturated heterocycles. The van der Waals surface area contributed by atoms with Gasteiger partial charge in [-0.2, -0.15) is 0 Å². The van der Waals surface area contributed by atoms with Crippen molar-refractivity contribution in [3.8, 4) is 22.8 Å². The molecule has 0 saturated carbocycles. The first kappa shape index (κ1) is 16.1. The minimum Gasteiger partial charge on any atom is -0.455 e. The number of hydrogen-bond acceptors (Lipinski definition) is 2. The molecule has 2 heterocycles. The monoisotopic (exact) mass is 351 g/mol. The van der Waals surface area contributed by atoms with E-state index in [-0.39, 0.29) is 5.41 Å². The quantitative estimate of drug-likeness (QED) is 0.383. The van der Waals surface area contributed by atoms with E-state index in [1.54, 1.807) is 0 Å². The third-order valence-electron chi connectivity index (χ3n) is 5.64. The summed E-state index contributed by atoms with van der Waals surface area (Å²) in [5, 5.41) is 2.35. The van der Waals surface area contributed by atoms with Crippen molar-refractivity contribution < 1.29 is 4.74 Å². The predicted molar refractivity (Wildman–Crippen MR) is 111 cm³/mol. The van der Waals surface area contributed by atoms with E-state index in [0.29, 0.717) is 0 Å². The Balaban J connectivity index is 1.80. The molecule has 0 unspecified atom stereocenters. The maximum atomic E-state index is 6.61. The average Bonchev–Trinajstić information content (AvgIpc) is 2.67. The molecule has 0 radical (unpaired) electrons. The van der Waals surface area contributed by atoms with Gasteiger partial charge in [-0.25, -0.2) is 0 Å². The summed E-state index contributed by atoms with van der Waals surface area (Å²) in [4.78, 5) is 4.60. The summed E-state index contributed by atoms with van der Waals surface area (Å²) in [6.07, 6.45) is 1.86. The van der Waals surface area contributed by atoms with Crippen LogP contribution in [0.25, 0.3) is 22.0 Å². The molecule has 27 heavy (non-hydrogen) atoms. The second-order valence-corrected chi connectivity index (χ2v) is 7.79. The van der Waals surface area contributed by atoms with Gasteiger partial charge in [0.05, 0.1) is 5.69 Å². The van der Waals surface area contributed by atoms with Crippen LogP contribution in [0.3, 0.4) is 0 Å². The Morgan fingerprint density at radius 3 is 2.48 bits per heavy atom. The molecule has 2 nitrogen and oxygen atoms in total. The highest BCUT2D eigenvalue weighted by molar-refractivity contribution is 5.92. The van der Waals surface area contributed by atoms with E-state index in [9.17, 15) is 0 Å². The highest BCUT2D eigenvalue weighted by Crippen LogP contribution is 2.52. The van der Waals surface area contributed by atoms with Crippen molar-refractivity contribution in [2.45, 2.75) is 26.2 Å². The number of ether oxygens (including phenoxy) is 1. The normalized spacial score (nSPS) is 14.3. The van der Waals surface area contributed by atoms with E-state index in [0.717, 1.165) is 28.1 Å². The summed E-state index contributed by atoms with van der Waals surface area (Å²) < 4.78 is 6.61. The fraction of sp³-hybridized carbons (Fsp3) is 0.160. The topological polar surface area (TPSA) is 22.1 Å². The van der Waals surface area contributed by atoms with Crippen LogP contribution in [0.5, 0.6) is 11.5 Å². The van der Waals surface area contributed by atoms with Gasteiger partial charge >= 0.3 is 0 Å². The largest absolute Gasteiger partial charge is 0.455 e. The van der Waals surface area contributed by atoms with E-state index in [4.69, 9.17) is 4.74 Å². The molecule has 0 fully saturated rings. The number of benzene rings is 3. The SMILES string of the molecule is Cc1ccnc(-c2cccc3c2Oc2c(ccc4ccccc24)C3(C)C)c1. The summed E-state index contributed by atoms with van der Waals surface area (Å²) >= 11 is 0. The maximum Gasteiger partial charge on any atom is 0.140 e. The summed E-state index contributed by atoms with van der Waals surface area (Å²) in [5.41, 5.74) is 5.47. The molecule has 0 spiro atoms. The first-order chi connectivity index (χ1) is 13.1. The summed E-state index contributed by atoms with van der Waals surface area (Å²) in [6, 6.07) is 23.3. The van der Waals surface area contributed by atoms with Crippen LogP contribution >= 0.6 is 0 Å². The highest BCUT2D eigenvalue weighted by Gasteiger charge is 2.36. The molecule has 5 rings (SSSR count). The first-order valence-electron chi connectivity index (χ1n) is 9.32. The van der Waals surface area contributed by atoms with E-state index in [2.05, 4.69) is 86.4 Å². The van der Waals surface area contributed by atoms with Gasteiger partial charge in [-0.05, 0) is 36.1 Å². The van der Waals surface area contributed by atoms with Gasteiger partial charge in [0, 0.05) is 33.7 Å². The van der Waals surface area contributed by atoms with Crippen molar-refractivity contribution in [3.05, 3.63) is 89.6 Å². The van der Waals surface area contributed by atoms with Crippen molar-refractivity contribution in [3.63, 3.8) is 0 Å². The zero-order valence-electron chi connectivity index (χ0n) is 15.8. The van der Waals surface area contributed by atoms with Crippen LogP contribution in [0.15, 0.2) is 72.9 Å². The Hall–Kier alpha value is -3.13. The van der Waals surface area contributed by atoms with Crippen LogP contribution in [0.2, 0.25) is 0 Å².